The molecule has 0 aliphatic carbocycles. The molecule has 1 aromatic rings. The highest BCUT2D eigenvalue weighted by molar-refractivity contribution is 7.45. The fraction of sp³-hybridized carbons (Fsp3) is 0.579. The summed E-state index contributed by atoms with van der Waals surface area (Å²) in [5.74, 6) is -2.00. The fourth-order valence-corrected chi connectivity index (χ4v) is 2.86. The molecule has 182 valence electrons. The smallest absolute Gasteiger partial charge is 0.311 e. The lowest BCUT2D eigenvalue weighted by Gasteiger charge is -2.27. The summed E-state index contributed by atoms with van der Waals surface area (Å²) in [4.78, 5) is 35.3. The molecule has 0 bridgehead atoms. The standard InChI is InChI=1S/C19H30NO11P/c1-20(2,3)7-8-29-32(26,27)30-13-16(23)12-28-18(24)5-4-6-19(25)31-17-10-14(21)9-15(22)11-17/h9-11,16,23H,4-8,12-13H2,1-3H3,(H2-,21,22,26,27)/t16-/m1/s1/i23D. The number of hydrogen-bond acceptors (Lipinski definition) is 11. The SMILES string of the molecule is [2H]O[C@H](COC(=O)CCCC(=O)Oc1cc(O)cc(O)c1)COP(=O)([O-])OCC[N+](C)(C)C. The number of likely N-dealkylation sites (N-methyl/N-ethyl adjacent to an activating group) is 1. The molecule has 1 aromatic carbocycles. The molecule has 12 nitrogen and oxygen atoms in total. The van der Waals surface area contributed by atoms with Crippen molar-refractivity contribution in [2.45, 2.75) is 25.4 Å². The molecule has 0 aliphatic rings. The van der Waals surface area contributed by atoms with Crippen LogP contribution in [0.25, 0.3) is 0 Å². The quantitative estimate of drug-likeness (QED) is 0.136. The van der Waals surface area contributed by atoms with Gasteiger partial charge < -0.3 is 43.2 Å². The summed E-state index contributed by atoms with van der Waals surface area (Å²) in [6.07, 6.45) is -1.38. The van der Waals surface area contributed by atoms with Crippen LogP contribution in [0.15, 0.2) is 18.2 Å². The second-order valence-corrected chi connectivity index (χ2v) is 9.32. The number of aliphatic hydroxyl groups excluding tert-OH is 1. The minimum absolute atomic E-state index is 0.0485. The Morgan fingerprint density at radius 1 is 1.09 bits per heavy atom. The van der Waals surface area contributed by atoms with E-state index >= 15 is 0 Å². The number of phosphoric ester groups is 1. The molecule has 0 saturated carbocycles. The van der Waals surface area contributed by atoms with Crippen LogP contribution in [0.5, 0.6) is 17.2 Å². The lowest BCUT2D eigenvalue weighted by Crippen LogP contribution is -2.37. The first-order valence-electron chi connectivity index (χ1n) is 10.1. The van der Waals surface area contributed by atoms with Crippen LogP contribution in [0.4, 0.5) is 0 Å². The number of carbonyl (C=O) groups is 2. The van der Waals surface area contributed by atoms with Crippen LogP contribution in [0.3, 0.4) is 0 Å². The van der Waals surface area contributed by atoms with E-state index in [0.717, 1.165) is 18.2 Å². The first-order chi connectivity index (χ1) is 15.3. The van der Waals surface area contributed by atoms with Gasteiger partial charge in [0.1, 0.15) is 43.1 Å². The third-order valence-corrected chi connectivity index (χ3v) is 4.69. The Morgan fingerprint density at radius 3 is 2.31 bits per heavy atom. The van der Waals surface area contributed by atoms with Crippen molar-refractivity contribution >= 4 is 19.8 Å². The van der Waals surface area contributed by atoms with Gasteiger partial charge in [-0.2, -0.15) is 0 Å². The average Bonchev–Trinajstić information content (AvgIpc) is 2.66. The van der Waals surface area contributed by atoms with Gasteiger partial charge in [-0.15, -0.1) is 0 Å². The van der Waals surface area contributed by atoms with Crippen molar-refractivity contribution in [2.24, 2.45) is 0 Å². The van der Waals surface area contributed by atoms with Gasteiger partial charge in [0.25, 0.3) is 7.82 Å². The van der Waals surface area contributed by atoms with Gasteiger partial charge in [0.2, 0.25) is 1.43 Å². The zero-order valence-corrected chi connectivity index (χ0v) is 19.1. The molecule has 0 amide bonds. The highest BCUT2D eigenvalue weighted by Gasteiger charge is 2.17. The van der Waals surface area contributed by atoms with Crippen LogP contribution in [0.2, 0.25) is 0 Å². The zero-order chi connectivity index (χ0) is 25.1. The minimum Gasteiger partial charge on any atom is -0.756 e. The number of aliphatic hydroxyl groups is 1. The number of ether oxygens (including phenoxy) is 2. The van der Waals surface area contributed by atoms with Crippen molar-refractivity contribution in [3.05, 3.63) is 18.2 Å². The van der Waals surface area contributed by atoms with Gasteiger partial charge in [-0.25, -0.2) is 0 Å². The van der Waals surface area contributed by atoms with Gasteiger partial charge in [-0.1, -0.05) is 0 Å². The molecule has 0 radical (unpaired) electrons. The van der Waals surface area contributed by atoms with Crippen LogP contribution in [-0.2, 0) is 27.9 Å². The van der Waals surface area contributed by atoms with Crippen molar-refractivity contribution < 1.29 is 57.4 Å². The summed E-state index contributed by atoms with van der Waals surface area (Å²) in [7, 11) is 0.985. The van der Waals surface area contributed by atoms with Crippen molar-refractivity contribution in [1.82, 2.24) is 0 Å². The largest absolute Gasteiger partial charge is 0.756 e. The number of benzene rings is 1. The molecule has 0 aromatic heterocycles. The molecular formula is C19H30NO11P. The maximum Gasteiger partial charge on any atom is 0.311 e. The van der Waals surface area contributed by atoms with E-state index in [2.05, 4.69) is 9.63 Å². The van der Waals surface area contributed by atoms with Crippen molar-refractivity contribution in [3.63, 3.8) is 0 Å². The van der Waals surface area contributed by atoms with E-state index in [-0.39, 0.29) is 43.1 Å². The molecule has 0 saturated heterocycles. The second kappa shape index (κ2) is 12.7. The third-order valence-electron chi connectivity index (χ3n) is 3.73. The van der Waals surface area contributed by atoms with Gasteiger partial charge in [0, 0.05) is 31.0 Å². The number of phenolic OH excluding ortho intramolecular Hbond substituents is 2. The number of phenols is 2. The number of quaternary nitrogens is 1. The van der Waals surface area contributed by atoms with Gasteiger partial charge in [-0.3, -0.25) is 14.2 Å². The molecule has 13 heteroatoms. The zero-order valence-electron chi connectivity index (χ0n) is 19.2. The molecular weight excluding hydrogens is 449 g/mol. The predicted octanol–water partition coefficient (Wildman–Crippen LogP) is 0.285. The summed E-state index contributed by atoms with van der Waals surface area (Å²) >= 11 is 0. The Kier molecular flexibility index (Phi) is 10.4. The highest BCUT2D eigenvalue weighted by Crippen LogP contribution is 2.38. The number of phosphoric acid groups is 1. The van der Waals surface area contributed by atoms with Crippen LogP contribution in [0.1, 0.15) is 19.3 Å². The van der Waals surface area contributed by atoms with Gasteiger partial charge in [0.05, 0.1) is 27.7 Å². The average molecular weight is 480 g/mol. The molecule has 2 atom stereocenters. The summed E-state index contributed by atoms with van der Waals surface area (Å²) in [5, 5.41) is 23.0. The number of aromatic hydroxyl groups is 2. The predicted molar refractivity (Wildman–Crippen MR) is 109 cm³/mol. The number of rotatable bonds is 15. The maximum atomic E-state index is 11.8. The molecule has 0 aliphatic heterocycles. The Bertz CT molecular complexity index is 810. The Balaban J connectivity index is 2.28. The Labute approximate surface area is 187 Å². The Morgan fingerprint density at radius 2 is 1.72 bits per heavy atom. The maximum absolute atomic E-state index is 11.8. The number of carbonyl (C=O) groups excluding carboxylic acids is 2. The van der Waals surface area contributed by atoms with Crippen LogP contribution in [0, 0.1) is 0 Å². The number of esters is 2. The molecule has 0 heterocycles. The van der Waals surface area contributed by atoms with Crippen LogP contribution in [-0.4, -0.2) is 86.8 Å². The molecule has 0 fully saturated rings. The van der Waals surface area contributed by atoms with Gasteiger partial charge >= 0.3 is 11.9 Å². The fourth-order valence-electron chi connectivity index (χ4n) is 2.13. The topological polar surface area (TPSA) is 172 Å². The summed E-state index contributed by atoms with van der Waals surface area (Å²) in [6.45, 7) is -0.671. The molecule has 32 heavy (non-hydrogen) atoms. The van der Waals surface area contributed by atoms with E-state index in [9.17, 15) is 29.3 Å². The second-order valence-electron chi connectivity index (χ2n) is 7.91. The third kappa shape index (κ3) is 13.3. The summed E-state index contributed by atoms with van der Waals surface area (Å²) in [6, 6.07) is 3.36. The van der Waals surface area contributed by atoms with E-state index in [0.29, 0.717) is 11.0 Å². The summed E-state index contributed by atoms with van der Waals surface area (Å²) in [5.41, 5.74) is 0. The lowest BCUT2D eigenvalue weighted by atomic mass is 10.2. The molecule has 1 rings (SSSR count). The van der Waals surface area contributed by atoms with Crippen molar-refractivity contribution in [3.8, 4) is 17.2 Å². The van der Waals surface area contributed by atoms with Crippen molar-refractivity contribution in [2.75, 3.05) is 47.5 Å². The lowest BCUT2D eigenvalue weighted by molar-refractivity contribution is -0.870. The Hall–Kier alpha value is -2.21. The minimum atomic E-state index is -4.60. The van der Waals surface area contributed by atoms with Crippen LogP contribution >= 0.6 is 7.82 Å². The van der Waals surface area contributed by atoms with E-state index in [1.807, 2.05) is 21.1 Å². The number of hydrogen-bond donors (Lipinski definition) is 3. The number of nitrogens with zero attached hydrogens (tertiary/aromatic N) is 1. The molecule has 0 spiro atoms. The van der Waals surface area contributed by atoms with E-state index in [1.165, 1.54) is 0 Å². The first kappa shape index (κ1) is 26.0. The van der Waals surface area contributed by atoms with E-state index in [1.54, 1.807) is 0 Å². The molecule has 1 unspecified atom stereocenters. The normalized spacial score (nSPS) is 14.8. The van der Waals surface area contributed by atoms with Crippen molar-refractivity contribution in [1.29, 1.82) is 1.43 Å². The molecule has 3 N–H and O–H groups in total. The highest BCUT2D eigenvalue weighted by atomic mass is 31.2. The summed E-state index contributed by atoms with van der Waals surface area (Å²) < 4.78 is 38.4. The van der Waals surface area contributed by atoms with Gasteiger partial charge in [0.15, 0.2) is 0 Å². The van der Waals surface area contributed by atoms with E-state index in [4.69, 9.17) is 15.4 Å². The first-order valence-corrected chi connectivity index (χ1v) is 11.2. The van der Waals surface area contributed by atoms with E-state index < -0.39 is 39.1 Å². The monoisotopic (exact) mass is 480 g/mol. The van der Waals surface area contributed by atoms with Gasteiger partial charge in [-0.05, 0) is 6.42 Å². The van der Waals surface area contributed by atoms with Crippen LogP contribution < -0.4 is 9.63 Å².